The summed E-state index contributed by atoms with van der Waals surface area (Å²) in [7, 11) is 3.10. The van der Waals surface area contributed by atoms with E-state index in [4.69, 9.17) is 23.7 Å². The number of ether oxygens (including phenoxy) is 5. The molecule has 1 aromatic heterocycles. The summed E-state index contributed by atoms with van der Waals surface area (Å²) in [6.07, 6.45) is 5.09. The van der Waals surface area contributed by atoms with E-state index in [9.17, 15) is 9.59 Å². The molecule has 0 radical (unpaired) electrons. The second-order valence-corrected chi connectivity index (χ2v) is 9.19. The van der Waals surface area contributed by atoms with Gasteiger partial charge in [-0.1, -0.05) is 25.5 Å². The lowest BCUT2D eigenvalue weighted by Crippen LogP contribution is -2.12. The van der Waals surface area contributed by atoms with Crippen LogP contribution in [0.15, 0.2) is 47.9 Å². The Bertz CT molecular complexity index is 1300. The number of unbranched alkanes of at least 4 members (excludes halogenated alkanes) is 1. The van der Waals surface area contributed by atoms with Crippen LogP contribution in [0.5, 0.6) is 23.0 Å². The fourth-order valence-electron chi connectivity index (χ4n) is 3.74. The molecule has 1 heterocycles. The maximum atomic E-state index is 12.9. The SMILES string of the molecule is CCCCOc1ccc(/C=C/C(=O)Nc2scc(-c3ccc(OC)c(OC)c3)c2C(=O)OCC)cc1OCC. The van der Waals surface area contributed by atoms with Gasteiger partial charge in [0.15, 0.2) is 23.0 Å². The molecule has 0 saturated carbocycles. The molecule has 0 atom stereocenters. The standard InChI is InChI=1S/C30H35NO7S/c1-6-9-16-38-24-13-10-20(17-26(24)36-7-2)11-15-27(32)31-29-28(30(33)37-8-3)22(19-39-29)21-12-14-23(34-4)25(18-21)35-5/h10-15,17-19H,6-9,16H2,1-5H3,(H,31,32)/b15-11+. The zero-order chi connectivity index (χ0) is 28.2. The lowest BCUT2D eigenvalue weighted by atomic mass is 10.0. The van der Waals surface area contributed by atoms with E-state index in [1.54, 1.807) is 44.7 Å². The van der Waals surface area contributed by atoms with E-state index in [2.05, 4.69) is 12.2 Å². The molecule has 0 saturated heterocycles. The summed E-state index contributed by atoms with van der Waals surface area (Å²) in [5.41, 5.74) is 2.41. The average molecular weight is 554 g/mol. The number of hydrogen-bond donors (Lipinski definition) is 1. The lowest BCUT2D eigenvalue weighted by Gasteiger charge is -2.12. The highest BCUT2D eigenvalue weighted by Gasteiger charge is 2.23. The quantitative estimate of drug-likeness (QED) is 0.133. The van der Waals surface area contributed by atoms with E-state index in [1.807, 2.05) is 31.2 Å². The van der Waals surface area contributed by atoms with Crippen LogP contribution < -0.4 is 24.3 Å². The number of methoxy groups -OCH3 is 2. The highest BCUT2D eigenvalue weighted by molar-refractivity contribution is 7.15. The van der Waals surface area contributed by atoms with Crippen LogP contribution in [0.3, 0.4) is 0 Å². The Morgan fingerprint density at radius 1 is 0.897 bits per heavy atom. The van der Waals surface area contributed by atoms with Gasteiger partial charge in [-0.15, -0.1) is 11.3 Å². The third kappa shape index (κ3) is 7.77. The number of nitrogens with one attached hydrogen (secondary N) is 1. The van der Waals surface area contributed by atoms with E-state index in [1.165, 1.54) is 17.4 Å². The van der Waals surface area contributed by atoms with Crippen LogP contribution in [0.2, 0.25) is 0 Å². The van der Waals surface area contributed by atoms with Gasteiger partial charge in [0.05, 0.1) is 34.0 Å². The van der Waals surface area contributed by atoms with Crippen molar-refractivity contribution >= 4 is 34.3 Å². The second-order valence-electron chi connectivity index (χ2n) is 8.31. The van der Waals surface area contributed by atoms with E-state index in [0.29, 0.717) is 46.8 Å². The minimum absolute atomic E-state index is 0.202. The van der Waals surface area contributed by atoms with Crippen molar-refractivity contribution in [3.63, 3.8) is 0 Å². The smallest absolute Gasteiger partial charge is 0.341 e. The Labute approximate surface area is 233 Å². The molecule has 3 rings (SSSR count). The van der Waals surface area contributed by atoms with Crippen molar-refractivity contribution in [2.24, 2.45) is 0 Å². The summed E-state index contributed by atoms with van der Waals surface area (Å²) >= 11 is 1.24. The zero-order valence-electron chi connectivity index (χ0n) is 23.0. The number of anilines is 1. The molecule has 1 amide bonds. The molecule has 3 aromatic rings. The van der Waals surface area contributed by atoms with Crippen molar-refractivity contribution in [2.75, 3.05) is 39.4 Å². The van der Waals surface area contributed by atoms with Crippen molar-refractivity contribution in [3.8, 4) is 34.1 Å². The number of carbonyl (C=O) groups excluding carboxylic acids is 2. The van der Waals surface area contributed by atoms with E-state index < -0.39 is 5.97 Å². The summed E-state index contributed by atoms with van der Waals surface area (Å²) in [5.74, 6) is 1.48. The maximum Gasteiger partial charge on any atom is 0.341 e. The summed E-state index contributed by atoms with van der Waals surface area (Å²) in [4.78, 5) is 25.8. The van der Waals surface area contributed by atoms with Crippen LogP contribution in [0.25, 0.3) is 17.2 Å². The fraction of sp³-hybridized carbons (Fsp3) is 0.333. The maximum absolute atomic E-state index is 12.9. The van der Waals surface area contributed by atoms with Crippen LogP contribution in [0.1, 0.15) is 49.5 Å². The molecule has 9 heteroatoms. The third-order valence-corrected chi connectivity index (χ3v) is 6.55. The highest BCUT2D eigenvalue weighted by atomic mass is 32.1. The van der Waals surface area contributed by atoms with Crippen LogP contribution in [0.4, 0.5) is 5.00 Å². The number of benzene rings is 2. The van der Waals surface area contributed by atoms with Gasteiger partial charge in [0.2, 0.25) is 5.91 Å². The van der Waals surface area contributed by atoms with Gasteiger partial charge in [-0.2, -0.15) is 0 Å². The normalized spacial score (nSPS) is 10.8. The number of amides is 1. The van der Waals surface area contributed by atoms with Crippen molar-refractivity contribution in [3.05, 3.63) is 59.0 Å². The molecule has 39 heavy (non-hydrogen) atoms. The minimum Gasteiger partial charge on any atom is -0.493 e. The second kappa shape index (κ2) is 14.8. The number of esters is 1. The Kier molecular flexibility index (Phi) is 11.2. The van der Waals surface area contributed by atoms with Gasteiger partial charge in [0.25, 0.3) is 0 Å². The molecule has 208 valence electrons. The van der Waals surface area contributed by atoms with Crippen LogP contribution in [0, 0.1) is 0 Å². The highest BCUT2D eigenvalue weighted by Crippen LogP contribution is 2.39. The number of thiophene rings is 1. The fourth-order valence-corrected chi connectivity index (χ4v) is 4.70. The molecule has 0 bridgehead atoms. The minimum atomic E-state index is -0.525. The Morgan fingerprint density at radius 3 is 2.36 bits per heavy atom. The van der Waals surface area contributed by atoms with Crippen LogP contribution in [-0.2, 0) is 9.53 Å². The topological polar surface area (TPSA) is 92.3 Å². The molecule has 0 aliphatic rings. The Morgan fingerprint density at radius 2 is 1.67 bits per heavy atom. The molecule has 0 fully saturated rings. The zero-order valence-corrected chi connectivity index (χ0v) is 23.8. The van der Waals surface area contributed by atoms with Crippen molar-refractivity contribution in [2.45, 2.75) is 33.6 Å². The van der Waals surface area contributed by atoms with Crippen molar-refractivity contribution < 1.29 is 33.3 Å². The predicted molar refractivity (Wildman–Crippen MR) is 154 cm³/mol. The number of hydrogen-bond acceptors (Lipinski definition) is 8. The molecular formula is C30H35NO7S. The summed E-state index contributed by atoms with van der Waals surface area (Å²) in [6.45, 7) is 7.06. The lowest BCUT2D eigenvalue weighted by molar-refractivity contribution is -0.111. The van der Waals surface area contributed by atoms with Crippen molar-refractivity contribution in [1.82, 2.24) is 0 Å². The predicted octanol–water partition coefficient (Wildman–Crippen LogP) is 6.84. The van der Waals surface area contributed by atoms with Gasteiger partial charge in [-0.25, -0.2) is 4.79 Å². The first-order valence-corrected chi connectivity index (χ1v) is 13.7. The number of rotatable bonds is 14. The molecule has 0 spiro atoms. The summed E-state index contributed by atoms with van der Waals surface area (Å²) < 4.78 is 27.6. The number of carbonyl (C=O) groups is 2. The van der Waals surface area contributed by atoms with E-state index in [-0.39, 0.29) is 18.1 Å². The van der Waals surface area contributed by atoms with Crippen LogP contribution >= 0.6 is 11.3 Å². The molecule has 8 nitrogen and oxygen atoms in total. The van der Waals surface area contributed by atoms with E-state index >= 15 is 0 Å². The molecule has 0 aliphatic carbocycles. The van der Waals surface area contributed by atoms with Gasteiger partial charge in [-0.05, 0) is 61.7 Å². The molecule has 0 aliphatic heterocycles. The first-order valence-electron chi connectivity index (χ1n) is 12.8. The molecular weight excluding hydrogens is 518 g/mol. The molecule has 1 N–H and O–H groups in total. The molecule has 2 aromatic carbocycles. The van der Waals surface area contributed by atoms with Gasteiger partial charge >= 0.3 is 5.97 Å². The summed E-state index contributed by atoms with van der Waals surface area (Å²) in [6, 6.07) is 10.9. The van der Waals surface area contributed by atoms with Crippen LogP contribution in [-0.4, -0.2) is 45.9 Å². The largest absolute Gasteiger partial charge is 0.493 e. The van der Waals surface area contributed by atoms with Crippen molar-refractivity contribution in [1.29, 1.82) is 0 Å². The van der Waals surface area contributed by atoms with Gasteiger partial charge in [0, 0.05) is 17.0 Å². The Hall–Kier alpha value is -3.98. The van der Waals surface area contributed by atoms with Gasteiger partial charge in [0.1, 0.15) is 10.6 Å². The monoisotopic (exact) mass is 553 g/mol. The Balaban J connectivity index is 1.84. The van der Waals surface area contributed by atoms with Gasteiger partial charge in [-0.3, -0.25) is 4.79 Å². The summed E-state index contributed by atoms with van der Waals surface area (Å²) in [5, 5.41) is 5.02. The van der Waals surface area contributed by atoms with E-state index in [0.717, 1.165) is 24.0 Å². The van der Waals surface area contributed by atoms with Gasteiger partial charge < -0.3 is 29.0 Å². The average Bonchev–Trinajstić information content (AvgIpc) is 3.36. The first-order chi connectivity index (χ1) is 18.9. The third-order valence-electron chi connectivity index (χ3n) is 5.65. The first kappa shape index (κ1) is 29.6. The molecule has 0 unspecified atom stereocenters.